The molecule has 0 fully saturated rings. The third-order valence-electron chi connectivity index (χ3n) is 2.49. The zero-order chi connectivity index (χ0) is 15.4. The average Bonchev–Trinajstić information content (AvgIpc) is 2.44. The van der Waals surface area contributed by atoms with Crippen molar-refractivity contribution in [3.05, 3.63) is 52.1 Å². The van der Waals surface area contributed by atoms with E-state index in [2.05, 4.69) is 10.3 Å². The van der Waals surface area contributed by atoms with Crippen LogP contribution in [0.3, 0.4) is 0 Å². The van der Waals surface area contributed by atoms with E-state index in [1.54, 1.807) is 6.92 Å². The molecule has 0 radical (unpaired) electrons. The van der Waals surface area contributed by atoms with E-state index in [1.807, 2.05) is 0 Å². The first kappa shape index (κ1) is 14.6. The van der Waals surface area contributed by atoms with E-state index in [0.717, 1.165) is 12.1 Å². The molecule has 0 unspecified atom stereocenters. The number of nitrogens with one attached hydrogen (secondary N) is 1. The summed E-state index contributed by atoms with van der Waals surface area (Å²) in [5, 5.41) is 13.6. The SMILES string of the molecule is CCNc1cc([N+](=O)[O-])cc(Oc2cccc(F)c2F)n1. The number of benzene rings is 1. The largest absolute Gasteiger partial charge is 0.435 e. The first-order valence-corrected chi connectivity index (χ1v) is 6.03. The molecule has 1 heterocycles. The Kier molecular flexibility index (Phi) is 4.27. The Hall–Kier alpha value is -2.77. The molecule has 1 aromatic heterocycles. The van der Waals surface area contributed by atoms with E-state index >= 15 is 0 Å². The van der Waals surface area contributed by atoms with Crippen LogP contribution in [0.2, 0.25) is 0 Å². The molecule has 0 amide bonds. The molecule has 2 aromatic rings. The summed E-state index contributed by atoms with van der Waals surface area (Å²) in [6.07, 6.45) is 0. The van der Waals surface area contributed by atoms with Crippen LogP contribution in [0.25, 0.3) is 0 Å². The summed E-state index contributed by atoms with van der Waals surface area (Å²) >= 11 is 0. The molecule has 110 valence electrons. The van der Waals surface area contributed by atoms with E-state index in [-0.39, 0.29) is 17.4 Å². The second-order valence-electron chi connectivity index (χ2n) is 3.99. The molecular formula is C13H11F2N3O3. The minimum Gasteiger partial charge on any atom is -0.435 e. The molecule has 0 spiro atoms. The van der Waals surface area contributed by atoms with Crippen LogP contribution in [0.1, 0.15) is 6.92 Å². The van der Waals surface area contributed by atoms with Gasteiger partial charge in [-0.15, -0.1) is 0 Å². The Morgan fingerprint density at radius 3 is 2.81 bits per heavy atom. The van der Waals surface area contributed by atoms with Crippen molar-refractivity contribution in [3.63, 3.8) is 0 Å². The fourth-order valence-electron chi connectivity index (χ4n) is 1.60. The molecule has 1 aromatic carbocycles. The van der Waals surface area contributed by atoms with E-state index in [1.165, 1.54) is 18.2 Å². The summed E-state index contributed by atoms with van der Waals surface area (Å²) in [5.41, 5.74) is -0.271. The van der Waals surface area contributed by atoms with Crippen LogP contribution in [-0.4, -0.2) is 16.5 Å². The Labute approximate surface area is 118 Å². The van der Waals surface area contributed by atoms with Gasteiger partial charge in [-0.05, 0) is 19.1 Å². The highest BCUT2D eigenvalue weighted by molar-refractivity contribution is 5.49. The fourth-order valence-corrected chi connectivity index (χ4v) is 1.60. The maximum absolute atomic E-state index is 13.5. The molecular weight excluding hydrogens is 284 g/mol. The number of nitrogens with zero attached hydrogens (tertiary/aromatic N) is 2. The van der Waals surface area contributed by atoms with Gasteiger partial charge in [-0.2, -0.15) is 9.37 Å². The van der Waals surface area contributed by atoms with Gasteiger partial charge in [0.05, 0.1) is 17.1 Å². The van der Waals surface area contributed by atoms with Crippen LogP contribution >= 0.6 is 0 Å². The van der Waals surface area contributed by atoms with Gasteiger partial charge < -0.3 is 10.1 Å². The molecule has 8 heteroatoms. The lowest BCUT2D eigenvalue weighted by atomic mass is 10.3. The quantitative estimate of drug-likeness (QED) is 0.675. The topological polar surface area (TPSA) is 77.3 Å². The van der Waals surface area contributed by atoms with Crippen molar-refractivity contribution >= 4 is 11.5 Å². The van der Waals surface area contributed by atoms with Gasteiger partial charge in [0.15, 0.2) is 11.6 Å². The van der Waals surface area contributed by atoms with Crippen LogP contribution in [0.15, 0.2) is 30.3 Å². The van der Waals surface area contributed by atoms with Gasteiger partial charge in [0, 0.05) is 6.54 Å². The van der Waals surface area contributed by atoms with Gasteiger partial charge in [0.25, 0.3) is 5.69 Å². The number of ether oxygens (including phenoxy) is 1. The molecule has 0 bridgehead atoms. The predicted molar refractivity (Wildman–Crippen MR) is 71.5 cm³/mol. The van der Waals surface area contributed by atoms with Crippen molar-refractivity contribution in [2.45, 2.75) is 6.92 Å². The first-order valence-electron chi connectivity index (χ1n) is 6.03. The van der Waals surface area contributed by atoms with Crippen LogP contribution in [0, 0.1) is 21.7 Å². The summed E-state index contributed by atoms with van der Waals surface area (Å²) in [5.74, 6) is -2.66. The fraction of sp³-hybridized carbons (Fsp3) is 0.154. The monoisotopic (exact) mass is 295 g/mol. The number of nitro groups is 1. The lowest BCUT2D eigenvalue weighted by Gasteiger charge is -2.08. The summed E-state index contributed by atoms with van der Waals surface area (Å²) in [7, 11) is 0. The Morgan fingerprint density at radius 1 is 1.38 bits per heavy atom. The lowest BCUT2D eigenvalue weighted by Crippen LogP contribution is -2.02. The number of aromatic nitrogens is 1. The highest BCUT2D eigenvalue weighted by atomic mass is 19.2. The lowest BCUT2D eigenvalue weighted by molar-refractivity contribution is -0.384. The van der Waals surface area contributed by atoms with E-state index in [4.69, 9.17) is 4.74 Å². The smallest absolute Gasteiger partial charge is 0.278 e. The summed E-state index contributed by atoms with van der Waals surface area (Å²) < 4.78 is 31.7. The second-order valence-corrected chi connectivity index (χ2v) is 3.99. The highest BCUT2D eigenvalue weighted by Gasteiger charge is 2.15. The van der Waals surface area contributed by atoms with Gasteiger partial charge in [-0.3, -0.25) is 10.1 Å². The van der Waals surface area contributed by atoms with Crippen molar-refractivity contribution in [2.75, 3.05) is 11.9 Å². The zero-order valence-electron chi connectivity index (χ0n) is 11.0. The molecule has 0 aliphatic carbocycles. The molecule has 0 aliphatic rings. The minimum atomic E-state index is -1.18. The molecule has 0 saturated carbocycles. The maximum Gasteiger partial charge on any atom is 0.278 e. The number of rotatable bonds is 5. The first-order chi connectivity index (χ1) is 10.0. The van der Waals surface area contributed by atoms with Crippen LogP contribution < -0.4 is 10.1 Å². The van der Waals surface area contributed by atoms with Crippen molar-refractivity contribution < 1.29 is 18.4 Å². The van der Waals surface area contributed by atoms with Gasteiger partial charge >= 0.3 is 0 Å². The third kappa shape index (κ3) is 3.41. The number of hydrogen-bond acceptors (Lipinski definition) is 5. The molecule has 6 nitrogen and oxygen atoms in total. The van der Waals surface area contributed by atoms with Gasteiger partial charge in [-0.25, -0.2) is 4.39 Å². The van der Waals surface area contributed by atoms with E-state index in [0.29, 0.717) is 6.54 Å². The summed E-state index contributed by atoms with van der Waals surface area (Å²) in [4.78, 5) is 14.2. The van der Waals surface area contributed by atoms with Gasteiger partial charge in [-0.1, -0.05) is 6.07 Å². The van der Waals surface area contributed by atoms with Gasteiger partial charge in [0.2, 0.25) is 11.7 Å². The highest BCUT2D eigenvalue weighted by Crippen LogP contribution is 2.28. The summed E-state index contributed by atoms with van der Waals surface area (Å²) in [6, 6.07) is 5.65. The second kappa shape index (κ2) is 6.12. The summed E-state index contributed by atoms with van der Waals surface area (Å²) in [6.45, 7) is 2.27. The Bertz CT molecular complexity index is 680. The Balaban J connectivity index is 2.38. The van der Waals surface area contributed by atoms with Crippen molar-refractivity contribution in [2.24, 2.45) is 0 Å². The van der Waals surface area contributed by atoms with E-state index in [9.17, 15) is 18.9 Å². The number of pyridine rings is 1. The van der Waals surface area contributed by atoms with Crippen LogP contribution in [0.4, 0.5) is 20.3 Å². The molecule has 1 N–H and O–H groups in total. The third-order valence-corrected chi connectivity index (χ3v) is 2.49. The maximum atomic E-state index is 13.5. The van der Waals surface area contributed by atoms with Crippen molar-refractivity contribution in [1.29, 1.82) is 0 Å². The average molecular weight is 295 g/mol. The van der Waals surface area contributed by atoms with Gasteiger partial charge in [0.1, 0.15) is 5.82 Å². The minimum absolute atomic E-state index is 0.204. The van der Waals surface area contributed by atoms with Crippen LogP contribution in [0.5, 0.6) is 11.6 Å². The zero-order valence-corrected chi connectivity index (χ0v) is 11.0. The Morgan fingerprint density at radius 2 is 2.14 bits per heavy atom. The molecule has 0 atom stereocenters. The molecule has 21 heavy (non-hydrogen) atoms. The number of anilines is 1. The van der Waals surface area contributed by atoms with E-state index < -0.39 is 22.3 Å². The molecule has 0 saturated heterocycles. The van der Waals surface area contributed by atoms with Crippen molar-refractivity contribution in [3.8, 4) is 11.6 Å². The molecule has 2 rings (SSSR count). The normalized spacial score (nSPS) is 10.2. The predicted octanol–water partition coefficient (Wildman–Crippen LogP) is 3.49. The van der Waals surface area contributed by atoms with Crippen molar-refractivity contribution in [1.82, 2.24) is 4.98 Å². The molecule has 0 aliphatic heterocycles. The number of hydrogen-bond donors (Lipinski definition) is 1. The van der Waals surface area contributed by atoms with Crippen LogP contribution in [-0.2, 0) is 0 Å². The number of halogens is 2. The standard InChI is InChI=1S/C13H11F2N3O3/c1-2-16-11-6-8(18(19)20)7-12(17-11)21-10-5-3-4-9(14)13(10)15/h3-7H,2H2,1H3,(H,16,17).